The molecule has 5 nitrogen and oxygen atoms in total. The minimum Gasteiger partial charge on any atom is -0.465 e. The monoisotopic (exact) mass is 461 g/mol. The first-order valence-corrected chi connectivity index (χ1v) is 10.5. The van der Waals surface area contributed by atoms with Crippen LogP contribution in [-0.2, 0) is 22.3 Å². The molecule has 0 amide bonds. The highest BCUT2D eigenvalue weighted by Gasteiger charge is 2.25. The zero-order chi connectivity index (χ0) is 20.3. The van der Waals surface area contributed by atoms with Gasteiger partial charge in [0.05, 0.1) is 30.4 Å². The standard InChI is InChI=1S/C21H20BrNO4S/c1-4-27-21(25)19-15-10-14(20(24)26-3)16(22)11-17(15)23(2)18(19)12-28-13-8-6-5-7-9-13/h5-11H,4,12H2,1-3H3. The Morgan fingerprint density at radius 1 is 1.14 bits per heavy atom. The minimum absolute atomic E-state index is 0.279. The maximum absolute atomic E-state index is 12.8. The normalized spacial score (nSPS) is 10.9. The number of benzene rings is 2. The van der Waals surface area contributed by atoms with Crippen LogP contribution in [0.2, 0.25) is 0 Å². The molecule has 2 aromatic carbocycles. The molecule has 0 saturated heterocycles. The summed E-state index contributed by atoms with van der Waals surface area (Å²) in [4.78, 5) is 26.0. The van der Waals surface area contributed by atoms with Crippen molar-refractivity contribution < 1.29 is 19.1 Å². The molecule has 0 aliphatic rings. The Hall–Kier alpha value is -2.25. The van der Waals surface area contributed by atoms with Crippen molar-refractivity contribution in [1.82, 2.24) is 4.57 Å². The zero-order valence-electron chi connectivity index (χ0n) is 15.8. The third kappa shape index (κ3) is 3.95. The number of hydrogen-bond donors (Lipinski definition) is 0. The lowest BCUT2D eigenvalue weighted by molar-refractivity contribution is 0.0525. The number of fused-ring (bicyclic) bond motifs is 1. The number of aryl methyl sites for hydroxylation is 1. The van der Waals surface area contributed by atoms with Crippen LogP contribution in [0.5, 0.6) is 0 Å². The van der Waals surface area contributed by atoms with Crippen LogP contribution in [0.1, 0.15) is 33.3 Å². The van der Waals surface area contributed by atoms with E-state index in [1.807, 2.05) is 48.0 Å². The van der Waals surface area contributed by atoms with Crippen LogP contribution in [0.3, 0.4) is 0 Å². The molecule has 0 N–H and O–H groups in total. The van der Waals surface area contributed by atoms with Crippen molar-refractivity contribution in [3.63, 3.8) is 0 Å². The van der Waals surface area contributed by atoms with Gasteiger partial charge in [0, 0.05) is 33.2 Å². The second-order valence-electron chi connectivity index (χ2n) is 6.04. The van der Waals surface area contributed by atoms with Crippen molar-refractivity contribution in [2.75, 3.05) is 13.7 Å². The van der Waals surface area contributed by atoms with E-state index in [-0.39, 0.29) is 6.61 Å². The molecule has 28 heavy (non-hydrogen) atoms. The predicted molar refractivity (Wildman–Crippen MR) is 114 cm³/mol. The van der Waals surface area contributed by atoms with Crippen LogP contribution in [0, 0.1) is 0 Å². The fourth-order valence-electron chi connectivity index (χ4n) is 3.04. The average molecular weight is 462 g/mol. The summed E-state index contributed by atoms with van der Waals surface area (Å²) in [6.07, 6.45) is 0. The lowest BCUT2D eigenvalue weighted by Gasteiger charge is -2.08. The van der Waals surface area contributed by atoms with Gasteiger partial charge < -0.3 is 14.0 Å². The first kappa shape index (κ1) is 20.5. The number of aromatic nitrogens is 1. The summed E-state index contributed by atoms with van der Waals surface area (Å²) in [6, 6.07) is 13.5. The van der Waals surface area contributed by atoms with Crippen LogP contribution in [0.4, 0.5) is 0 Å². The van der Waals surface area contributed by atoms with Gasteiger partial charge in [0.1, 0.15) is 0 Å². The maximum Gasteiger partial charge on any atom is 0.340 e. The Kier molecular flexibility index (Phi) is 6.46. The summed E-state index contributed by atoms with van der Waals surface area (Å²) >= 11 is 5.07. The summed E-state index contributed by atoms with van der Waals surface area (Å²) in [6.45, 7) is 2.05. The van der Waals surface area contributed by atoms with Crippen molar-refractivity contribution in [2.45, 2.75) is 17.6 Å². The van der Waals surface area contributed by atoms with Crippen molar-refractivity contribution in [3.05, 3.63) is 63.8 Å². The van der Waals surface area contributed by atoms with Gasteiger partial charge in [0.2, 0.25) is 0 Å². The number of ether oxygens (including phenoxy) is 2. The number of hydrogen-bond acceptors (Lipinski definition) is 5. The van der Waals surface area contributed by atoms with Gasteiger partial charge in [-0.1, -0.05) is 18.2 Å². The fraction of sp³-hybridized carbons (Fsp3) is 0.238. The van der Waals surface area contributed by atoms with E-state index < -0.39 is 11.9 Å². The van der Waals surface area contributed by atoms with Gasteiger partial charge in [0.25, 0.3) is 0 Å². The summed E-state index contributed by atoms with van der Waals surface area (Å²) in [7, 11) is 3.24. The Morgan fingerprint density at radius 2 is 1.86 bits per heavy atom. The molecule has 0 aliphatic carbocycles. The number of halogens is 1. The highest BCUT2D eigenvalue weighted by atomic mass is 79.9. The van der Waals surface area contributed by atoms with E-state index in [2.05, 4.69) is 15.9 Å². The molecule has 0 fully saturated rings. The van der Waals surface area contributed by atoms with E-state index in [1.165, 1.54) is 7.11 Å². The SMILES string of the molecule is CCOC(=O)c1c(CSc2ccccc2)n(C)c2cc(Br)c(C(=O)OC)cc12. The summed E-state index contributed by atoms with van der Waals surface area (Å²) in [5, 5.41) is 0.674. The number of methoxy groups -OCH3 is 1. The van der Waals surface area contributed by atoms with Crippen molar-refractivity contribution in [3.8, 4) is 0 Å². The summed E-state index contributed by atoms with van der Waals surface area (Å²) in [5.41, 5.74) is 2.54. The number of nitrogens with zero attached hydrogens (tertiary/aromatic N) is 1. The molecule has 0 atom stereocenters. The molecule has 0 saturated carbocycles. The van der Waals surface area contributed by atoms with Gasteiger partial charge >= 0.3 is 11.9 Å². The smallest absolute Gasteiger partial charge is 0.340 e. The molecule has 3 aromatic rings. The van der Waals surface area contributed by atoms with Crippen molar-refractivity contribution >= 4 is 50.5 Å². The predicted octanol–water partition coefficient (Wildman–Crippen LogP) is 5.20. The number of carbonyl (C=O) groups excluding carboxylic acids is 2. The van der Waals surface area contributed by atoms with Crippen LogP contribution in [-0.4, -0.2) is 30.2 Å². The molecule has 0 radical (unpaired) electrons. The molecule has 146 valence electrons. The molecule has 7 heteroatoms. The van der Waals surface area contributed by atoms with Gasteiger partial charge in [-0.05, 0) is 47.1 Å². The minimum atomic E-state index is -0.465. The molecule has 3 rings (SSSR count). The van der Waals surface area contributed by atoms with Crippen molar-refractivity contribution in [2.24, 2.45) is 7.05 Å². The molecule has 0 spiro atoms. The lowest BCUT2D eigenvalue weighted by Crippen LogP contribution is -2.08. The van der Waals surface area contributed by atoms with E-state index in [1.54, 1.807) is 24.8 Å². The van der Waals surface area contributed by atoms with Crippen LogP contribution >= 0.6 is 27.7 Å². The van der Waals surface area contributed by atoms with E-state index in [0.29, 0.717) is 26.7 Å². The Balaban J connectivity index is 2.15. The fourth-order valence-corrected chi connectivity index (χ4v) is 4.53. The topological polar surface area (TPSA) is 57.5 Å². The molecule has 1 heterocycles. The Labute approximate surface area is 176 Å². The third-order valence-corrected chi connectivity index (χ3v) is 6.09. The van der Waals surface area contributed by atoms with E-state index in [4.69, 9.17) is 9.47 Å². The van der Waals surface area contributed by atoms with Gasteiger partial charge in [-0.15, -0.1) is 11.8 Å². The van der Waals surface area contributed by atoms with Crippen LogP contribution in [0.25, 0.3) is 10.9 Å². The highest BCUT2D eigenvalue weighted by Crippen LogP contribution is 2.34. The molecule has 0 bridgehead atoms. The van der Waals surface area contributed by atoms with Gasteiger partial charge in [-0.3, -0.25) is 0 Å². The molecular formula is C21H20BrNO4S. The van der Waals surface area contributed by atoms with E-state index >= 15 is 0 Å². The maximum atomic E-state index is 12.8. The molecule has 0 unspecified atom stereocenters. The van der Waals surface area contributed by atoms with Crippen LogP contribution in [0.15, 0.2) is 51.8 Å². The number of rotatable bonds is 6. The zero-order valence-corrected chi connectivity index (χ0v) is 18.2. The highest BCUT2D eigenvalue weighted by molar-refractivity contribution is 9.10. The van der Waals surface area contributed by atoms with Crippen LogP contribution < -0.4 is 0 Å². The largest absolute Gasteiger partial charge is 0.465 e. The summed E-state index contributed by atoms with van der Waals surface area (Å²) in [5.74, 6) is -0.267. The quantitative estimate of drug-likeness (QED) is 0.373. The summed E-state index contributed by atoms with van der Waals surface area (Å²) < 4.78 is 12.8. The number of esters is 2. The van der Waals surface area contributed by atoms with E-state index in [0.717, 1.165) is 16.1 Å². The van der Waals surface area contributed by atoms with Gasteiger partial charge in [0.15, 0.2) is 0 Å². The Morgan fingerprint density at radius 3 is 2.50 bits per heavy atom. The molecular weight excluding hydrogens is 442 g/mol. The third-order valence-electron chi connectivity index (χ3n) is 4.41. The van der Waals surface area contributed by atoms with Gasteiger partial charge in [-0.25, -0.2) is 9.59 Å². The number of thioether (sulfide) groups is 1. The lowest BCUT2D eigenvalue weighted by atomic mass is 10.1. The second kappa shape index (κ2) is 8.84. The van der Waals surface area contributed by atoms with E-state index in [9.17, 15) is 9.59 Å². The van der Waals surface area contributed by atoms with Crippen molar-refractivity contribution in [1.29, 1.82) is 0 Å². The number of carbonyl (C=O) groups is 2. The first-order valence-electron chi connectivity index (χ1n) is 8.72. The molecule has 0 aliphatic heterocycles. The second-order valence-corrected chi connectivity index (χ2v) is 7.95. The molecule has 1 aromatic heterocycles. The Bertz CT molecular complexity index is 1030. The van der Waals surface area contributed by atoms with Gasteiger partial charge in [-0.2, -0.15) is 0 Å². The first-order chi connectivity index (χ1) is 13.5. The average Bonchev–Trinajstić information content (AvgIpc) is 2.97.